The van der Waals surface area contributed by atoms with Crippen molar-refractivity contribution in [3.05, 3.63) is 24.0 Å². The molecule has 0 heterocycles. The number of rotatable bonds is 4. The van der Waals surface area contributed by atoms with Crippen molar-refractivity contribution in [1.29, 1.82) is 0 Å². The molecule has 0 radical (unpaired) electrons. The maximum Gasteiger partial charge on any atom is 0.316 e. The van der Waals surface area contributed by atoms with E-state index in [1.165, 1.54) is 6.07 Å². The number of nitrogens with two attached hydrogens (primary N) is 1. The molecule has 0 spiro atoms. The van der Waals surface area contributed by atoms with Crippen LogP contribution in [-0.2, 0) is 9.53 Å². The summed E-state index contributed by atoms with van der Waals surface area (Å²) in [5.74, 6) is -0.669. The van der Waals surface area contributed by atoms with Crippen LogP contribution in [0, 0.1) is 5.82 Å². The predicted octanol–water partition coefficient (Wildman–Crippen LogP) is 2.45. The number of hydrogen-bond donors (Lipinski definition) is 1. The Morgan fingerprint density at radius 3 is 2.81 bits per heavy atom. The highest BCUT2D eigenvalue weighted by molar-refractivity contribution is 8.00. The van der Waals surface area contributed by atoms with Crippen LogP contribution >= 0.6 is 11.8 Å². The van der Waals surface area contributed by atoms with Crippen molar-refractivity contribution in [3.8, 4) is 0 Å². The van der Waals surface area contributed by atoms with Gasteiger partial charge in [0, 0.05) is 10.6 Å². The molecule has 0 fully saturated rings. The lowest BCUT2D eigenvalue weighted by atomic mass is 10.3. The zero-order valence-corrected chi connectivity index (χ0v) is 10.0. The van der Waals surface area contributed by atoms with E-state index in [1.807, 2.05) is 0 Å². The molecule has 16 heavy (non-hydrogen) atoms. The lowest BCUT2D eigenvalue weighted by molar-refractivity contribution is -0.144. The molecule has 2 N–H and O–H groups in total. The number of hydrogen-bond acceptors (Lipinski definition) is 4. The Bertz CT molecular complexity index is 382. The van der Waals surface area contributed by atoms with Gasteiger partial charge in [-0.1, -0.05) is 0 Å². The Morgan fingerprint density at radius 2 is 2.25 bits per heavy atom. The van der Waals surface area contributed by atoms with Crippen molar-refractivity contribution in [2.45, 2.75) is 24.8 Å². The molecule has 0 aliphatic rings. The van der Waals surface area contributed by atoms with Crippen LogP contribution in [0.2, 0.25) is 0 Å². The minimum absolute atomic E-state index is 0.0962. The molecule has 0 saturated carbocycles. The van der Waals surface area contributed by atoms with E-state index in [9.17, 15) is 9.18 Å². The van der Waals surface area contributed by atoms with E-state index >= 15 is 0 Å². The van der Waals surface area contributed by atoms with Crippen LogP contribution in [-0.4, -0.2) is 17.8 Å². The molecular weight excluding hydrogens is 229 g/mol. The fourth-order valence-electron chi connectivity index (χ4n) is 1.07. The SMILES string of the molecule is CC(C)OC(=O)CSc1ccc(N)cc1F. The lowest BCUT2D eigenvalue weighted by Crippen LogP contribution is -2.13. The summed E-state index contributed by atoms with van der Waals surface area (Å²) in [5, 5.41) is 0. The molecule has 0 aliphatic heterocycles. The summed E-state index contributed by atoms with van der Waals surface area (Å²) in [6.07, 6.45) is -0.149. The molecule has 1 rings (SSSR count). The van der Waals surface area contributed by atoms with Gasteiger partial charge in [0.05, 0.1) is 11.9 Å². The smallest absolute Gasteiger partial charge is 0.316 e. The zero-order chi connectivity index (χ0) is 12.1. The molecule has 0 bridgehead atoms. The minimum Gasteiger partial charge on any atom is -0.462 e. The molecule has 1 aromatic rings. The van der Waals surface area contributed by atoms with Gasteiger partial charge in [0.1, 0.15) is 5.82 Å². The number of esters is 1. The summed E-state index contributed by atoms with van der Waals surface area (Å²) >= 11 is 1.10. The van der Waals surface area contributed by atoms with E-state index in [1.54, 1.807) is 26.0 Å². The third-order valence-corrected chi connectivity index (χ3v) is 2.69. The van der Waals surface area contributed by atoms with Crippen LogP contribution in [0.15, 0.2) is 23.1 Å². The molecular formula is C11H14FNO2S. The van der Waals surface area contributed by atoms with Crippen LogP contribution < -0.4 is 5.73 Å². The monoisotopic (exact) mass is 243 g/mol. The average molecular weight is 243 g/mol. The first-order valence-corrected chi connectivity index (χ1v) is 5.85. The summed E-state index contributed by atoms with van der Waals surface area (Å²) < 4.78 is 18.2. The van der Waals surface area contributed by atoms with Gasteiger partial charge in [-0.3, -0.25) is 4.79 Å². The van der Waals surface area contributed by atoms with Crippen molar-refractivity contribution in [3.63, 3.8) is 0 Å². The number of halogens is 1. The summed E-state index contributed by atoms with van der Waals surface area (Å²) in [6.45, 7) is 3.54. The van der Waals surface area contributed by atoms with Crippen LogP contribution in [0.25, 0.3) is 0 Å². The van der Waals surface area contributed by atoms with E-state index in [0.29, 0.717) is 10.6 Å². The quantitative estimate of drug-likeness (QED) is 0.501. The van der Waals surface area contributed by atoms with Gasteiger partial charge in [-0.25, -0.2) is 4.39 Å². The first-order chi connectivity index (χ1) is 7.49. The second-order valence-electron chi connectivity index (χ2n) is 3.52. The number of ether oxygens (including phenoxy) is 1. The van der Waals surface area contributed by atoms with Crippen LogP contribution in [0.4, 0.5) is 10.1 Å². The third kappa shape index (κ3) is 4.10. The molecule has 0 atom stereocenters. The topological polar surface area (TPSA) is 52.3 Å². The van der Waals surface area contributed by atoms with Gasteiger partial charge in [0.25, 0.3) is 0 Å². The van der Waals surface area contributed by atoms with Crippen molar-refractivity contribution >= 4 is 23.4 Å². The van der Waals surface area contributed by atoms with Gasteiger partial charge >= 0.3 is 5.97 Å². The van der Waals surface area contributed by atoms with Gasteiger partial charge in [-0.15, -0.1) is 11.8 Å². The summed E-state index contributed by atoms with van der Waals surface area (Å²) in [6, 6.07) is 4.38. The van der Waals surface area contributed by atoms with E-state index in [4.69, 9.17) is 10.5 Å². The van der Waals surface area contributed by atoms with Gasteiger partial charge < -0.3 is 10.5 Å². The van der Waals surface area contributed by atoms with Crippen molar-refractivity contribution in [2.75, 3.05) is 11.5 Å². The molecule has 88 valence electrons. The second kappa shape index (κ2) is 5.75. The Morgan fingerprint density at radius 1 is 1.56 bits per heavy atom. The second-order valence-corrected chi connectivity index (χ2v) is 4.53. The van der Waals surface area contributed by atoms with Crippen LogP contribution in [0.5, 0.6) is 0 Å². The number of benzene rings is 1. The van der Waals surface area contributed by atoms with Gasteiger partial charge in [-0.05, 0) is 32.0 Å². The van der Waals surface area contributed by atoms with Crippen molar-refractivity contribution < 1.29 is 13.9 Å². The van der Waals surface area contributed by atoms with E-state index in [-0.39, 0.29) is 17.8 Å². The Labute approximate surface area is 98.2 Å². The predicted molar refractivity (Wildman–Crippen MR) is 62.8 cm³/mol. The minimum atomic E-state index is -0.414. The third-order valence-electron chi connectivity index (χ3n) is 1.67. The van der Waals surface area contributed by atoms with Gasteiger partial charge in [0.2, 0.25) is 0 Å². The molecule has 1 aromatic carbocycles. The molecule has 5 heteroatoms. The number of nitrogen functional groups attached to an aromatic ring is 1. The highest BCUT2D eigenvalue weighted by atomic mass is 32.2. The van der Waals surface area contributed by atoms with Gasteiger partial charge in [0.15, 0.2) is 0 Å². The fraction of sp³-hybridized carbons (Fsp3) is 0.364. The highest BCUT2D eigenvalue weighted by Gasteiger charge is 2.09. The summed E-state index contributed by atoms with van der Waals surface area (Å²) in [5.41, 5.74) is 5.78. The van der Waals surface area contributed by atoms with Gasteiger partial charge in [-0.2, -0.15) is 0 Å². The van der Waals surface area contributed by atoms with Crippen LogP contribution in [0.1, 0.15) is 13.8 Å². The number of carbonyl (C=O) groups excluding carboxylic acids is 1. The first kappa shape index (κ1) is 12.8. The Balaban J connectivity index is 2.51. The fourth-order valence-corrected chi connectivity index (χ4v) is 1.77. The highest BCUT2D eigenvalue weighted by Crippen LogP contribution is 2.23. The summed E-state index contributed by atoms with van der Waals surface area (Å²) in [7, 11) is 0. The largest absolute Gasteiger partial charge is 0.462 e. The van der Waals surface area contributed by atoms with Crippen molar-refractivity contribution in [2.24, 2.45) is 0 Å². The standard InChI is InChI=1S/C11H14FNO2S/c1-7(2)15-11(14)6-16-10-4-3-8(13)5-9(10)12/h3-5,7H,6,13H2,1-2H3. The molecule has 0 aromatic heterocycles. The molecule has 0 aliphatic carbocycles. The van der Waals surface area contributed by atoms with Crippen molar-refractivity contribution in [1.82, 2.24) is 0 Å². The lowest BCUT2D eigenvalue weighted by Gasteiger charge is -2.07. The first-order valence-electron chi connectivity index (χ1n) is 4.86. The van der Waals surface area contributed by atoms with E-state index in [2.05, 4.69) is 0 Å². The number of thioether (sulfide) groups is 1. The number of carbonyl (C=O) groups is 1. The Kier molecular flexibility index (Phi) is 4.61. The number of anilines is 1. The molecule has 3 nitrogen and oxygen atoms in total. The van der Waals surface area contributed by atoms with E-state index in [0.717, 1.165) is 11.8 Å². The molecule has 0 amide bonds. The average Bonchev–Trinajstić information content (AvgIpc) is 2.15. The van der Waals surface area contributed by atoms with Crippen LogP contribution in [0.3, 0.4) is 0 Å². The Hall–Kier alpha value is -1.23. The normalized spacial score (nSPS) is 10.5. The maximum absolute atomic E-state index is 13.3. The summed E-state index contributed by atoms with van der Waals surface area (Å²) in [4.78, 5) is 11.6. The zero-order valence-electron chi connectivity index (χ0n) is 9.20. The maximum atomic E-state index is 13.3. The molecule has 0 saturated heterocycles. The molecule has 0 unspecified atom stereocenters. The van der Waals surface area contributed by atoms with E-state index < -0.39 is 5.82 Å².